The van der Waals surface area contributed by atoms with Crippen molar-refractivity contribution in [1.82, 2.24) is 0 Å². The number of aliphatic hydroxyl groups is 6. The third-order valence-electron chi connectivity index (χ3n) is 6.13. The van der Waals surface area contributed by atoms with Crippen molar-refractivity contribution in [3.63, 3.8) is 0 Å². The van der Waals surface area contributed by atoms with Gasteiger partial charge < -0.3 is 40.1 Å². The monoisotopic (exact) mass is 390 g/mol. The lowest BCUT2D eigenvalue weighted by atomic mass is 9.58. The zero-order valence-electron chi connectivity index (χ0n) is 16.4. The molecule has 8 heteroatoms. The molecule has 8 nitrogen and oxygen atoms in total. The highest BCUT2D eigenvalue weighted by Crippen LogP contribution is 2.52. The third kappa shape index (κ3) is 4.09. The van der Waals surface area contributed by atoms with Crippen molar-refractivity contribution in [2.75, 3.05) is 6.61 Å². The van der Waals surface area contributed by atoms with Gasteiger partial charge in [-0.05, 0) is 38.5 Å². The van der Waals surface area contributed by atoms with E-state index in [2.05, 4.69) is 0 Å². The number of hydrogen-bond donors (Lipinski definition) is 6. The first-order valence-electron chi connectivity index (χ1n) is 9.47. The topological polar surface area (TPSA) is 140 Å². The molecular formula is C19H34O8. The van der Waals surface area contributed by atoms with Crippen LogP contribution in [0.2, 0.25) is 0 Å². The predicted molar refractivity (Wildman–Crippen MR) is 96.7 cm³/mol. The highest BCUT2D eigenvalue weighted by molar-refractivity contribution is 5.21. The Morgan fingerprint density at radius 3 is 2.30 bits per heavy atom. The fourth-order valence-electron chi connectivity index (χ4n) is 4.21. The molecule has 0 spiro atoms. The zero-order valence-corrected chi connectivity index (χ0v) is 16.4. The average molecular weight is 390 g/mol. The van der Waals surface area contributed by atoms with Gasteiger partial charge in [0, 0.05) is 0 Å². The van der Waals surface area contributed by atoms with E-state index in [0.717, 1.165) is 12.8 Å². The minimum Gasteiger partial charge on any atom is -0.394 e. The van der Waals surface area contributed by atoms with Crippen LogP contribution in [0.25, 0.3) is 0 Å². The van der Waals surface area contributed by atoms with Gasteiger partial charge in [-0.3, -0.25) is 0 Å². The summed E-state index contributed by atoms with van der Waals surface area (Å²) in [6.45, 7) is 6.51. The van der Waals surface area contributed by atoms with Crippen molar-refractivity contribution >= 4 is 0 Å². The van der Waals surface area contributed by atoms with E-state index in [1.807, 2.05) is 13.8 Å². The Labute approximate surface area is 160 Å². The minimum atomic E-state index is -1.55. The third-order valence-corrected chi connectivity index (χ3v) is 6.13. The van der Waals surface area contributed by atoms with Crippen molar-refractivity contribution in [1.29, 1.82) is 0 Å². The Kier molecular flexibility index (Phi) is 6.76. The van der Waals surface area contributed by atoms with Crippen molar-refractivity contribution in [3.8, 4) is 0 Å². The Balaban J connectivity index is 2.35. The summed E-state index contributed by atoms with van der Waals surface area (Å²) in [5.74, 6) is 0. The van der Waals surface area contributed by atoms with Crippen molar-refractivity contribution in [2.24, 2.45) is 5.41 Å². The summed E-state index contributed by atoms with van der Waals surface area (Å²) in [6, 6.07) is 0. The molecule has 0 aromatic rings. The molecule has 0 radical (unpaired) electrons. The van der Waals surface area contributed by atoms with Gasteiger partial charge in [0.05, 0.1) is 12.7 Å². The Morgan fingerprint density at radius 1 is 1.11 bits per heavy atom. The molecule has 0 aromatic carbocycles. The van der Waals surface area contributed by atoms with Gasteiger partial charge in [0.1, 0.15) is 35.6 Å². The van der Waals surface area contributed by atoms with Gasteiger partial charge in [-0.15, -0.1) is 0 Å². The number of ether oxygens (including phenoxy) is 2. The molecule has 0 bridgehead atoms. The van der Waals surface area contributed by atoms with Gasteiger partial charge in [-0.25, -0.2) is 0 Å². The molecule has 158 valence electrons. The lowest BCUT2D eigenvalue weighted by molar-refractivity contribution is -0.352. The van der Waals surface area contributed by atoms with Crippen LogP contribution < -0.4 is 0 Å². The second-order valence-corrected chi connectivity index (χ2v) is 8.65. The zero-order chi connectivity index (χ0) is 20.6. The van der Waals surface area contributed by atoms with E-state index in [0.29, 0.717) is 6.42 Å². The molecule has 0 unspecified atom stereocenters. The first-order valence-corrected chi connectivity index (χ1v) is 9.47. The molecule has 0 amide bonds. The molecule has 6 N–H and O–H groups in total. The van der Waals surface area contributed by atoms with Crippen LogP contribution in [-0.4, -0.2) is 85.3 Å². The van der Waals surface area contributed by atoms with Crippen molar-refractivity contribution in [3.05, 3.63) is 12.2 Å². The Hall–Kier alpha value is -0.580. The normalized spacial score (nSPS) is 46.5. The maximum atomic E-state index is 11.6. The van der Waals surface area contributed by atoms with Gasteiger partial charge in [-0.2, -0.15) is 0 Å². The lowest BCUT2D eigenvalue weighted by Crippen LogP contribution is -2.67. The van der Waals surface area contributed by atoms with Gasteiger partial charge in [0.25, 0.3) is 0 Å². The van der Waals surface area contributed by atoms with Crippen LogP contribution in [0.3, 0.4) is 0 Å². The lowest BCUT2D eigenvalue weighted by Gasteiger charge is -2.57. The van der Waals surface area contributed by atoms with E-state index in [1.165, 1.54) is 12.2 Å². The van der Waals surface area contributed by atoms with Gasteiger partial charge >= 0.3 is 0 Å². The van der Waals surface area contributed by atoms with Crippen LogP contribution in [0.1, 0.15) is 47.0 Å². The summed E-state index contributed by atoms with van der Waals surface area (Å²) in [5.41, 5.74) is -3.29. The van der Waals surface area contributed by atoms with Crippen LogP contribution in [0.4, 0.5) is 0 Å². The van der Waals surface area contributed by atoms with E-state index < -0.39 is 60.0 Å². The maximum absolute atomic E-state index is 11.6. The second kappa shape index (κ2) is 8.04. The molecule has 1 saturated heterocycles. The Bertz CT molecular complexity index is 534. The molecule has 2 aliphatic rings. The molecule has 2 rings (SSSR count). The first-order chi connectivity index (χ1) is 12.4. The summed E-state index contributed by atoms with van der Waals surface area (Å²) in [5, 5.41) is 60.9. The average Bonchev–Trinajstić information content (AvgIpc) is 2.58. The molecule has 1 heterocycles. The van der Waals surface area contributed by atoms with Crippen LogP contribution >= 0.6 is 0 Å². The summed E-state index contributed by atoms with van der Waals surface area (Å²) in [4.78, 5) is 0. The first kappa shape index (κ1) is 22.7. The van der Waals surface area contributed by atoms with E-state index in [9.17, 15) is 30.6 Å². The smallest absolute Gasteiger partial charge is 0.187 e. The summed E-state index contributed by atoms with van der Waals surface area (Å²) >= 11 is 0. The van der Waals surface area contributed by atoms with E-state index in [4.69, 9.17) is 9.47 Å². The van der Waals surface area contributed by atoms with E-state index >= 15 is 0 Å². The molecule has 27 heavy (non-hydrogen) atoms. The number of rotatable bonds is 5. The quantitative estimate of drug-likeness (QED) is 0.343. The minimum absolute atomic E-state index is 0.450. The summed E-state index contributed by atoms with van der Waals surface area (Å²) in [6.07, 6.45) is -2.82. The van der Waals surface area contributed by atoms with Crippen LogP contribution in [0.5, 0.6) is 0 Å². The number of aliphatic hydroxyl groups excluding tert-OH is 5. The van der Waals surface area contributed by atoms with Crippen LogP contribution in [0.15, 0.2) is 12.2 Å². The SMILES string of the molecule is C[C@H](O)/C=C/[C@@]1(O)C(C)(C)CCC[C@@]1(C)O[C@@H]1O[C@H](CO)[C@@H](O)[C@H](O)[C@H]1O. The molecule has 8 atom stereocenters. The maximum Gasteiger partial charge on any atom is 0.187 e. The summed E-state index contributed by atoms with van der Waals surface area (Å²) in [7, 11) is 0. The highest BCUT2D eigenvalue weighted by atomic mass is 16.7. The fraction of sp³-hybridized carbons (Fsp3) is 0.895. The standard InChI is InChI=1S/C19H34O8/c1-11(21)6-9-19(25)17(2,3)7-5-8-18(19,4)27-16-15(24)14(23)13(22)12(10-20)26-16/h6,9,11-16,20-25H,5,7-8,10H2,1-4H3/b9-6+/t11-,12+,13+,14-,15+,16-,18+,19+/m0/s1. The molecule has 1 aliphatic carbocycles. The molecule has 0 aromatic heterocycles. The van der Waals surface area contributed by atoms with E-state index in [-0.39, 0.29) is 0 Å². The predicted octanol–water partition coefficient (Wildman–Crippen LogP) is -0.560. The van der Waals surface area contributed by atoms with E-state index in [1.54, 1.807) is 13.8 Å². The molecule has 1 aliphatic heterocycles. The Morgan fingerprint density at radius 2 is 1.74 bits per heavy atom. The number of hydrogen-bond acceptors (Lipinski definition) is 8. The molecular weight excluding hydrogens is 356 g/mol. The van der Waals surface area contributed by atoms with Gasteiger partial charge in [-0.1, -0.05) is 26.0 Å². The summed E-state index contributed by atoms with van der Waals surface area (Å²) < 4.78 is 11.5. The largest absolute Gasteiger partial charge is 0.394 e. The van der Waals surface area contributed by atoms with Crippen LogP contribution in [-0.2, 0) is 9.47 Å². The second-order valence-electron chi connectivity index (χ2n) is 8.65. The van der Waals surface area contributed by atoms with Gasteiger partial charge in [0.15, 0.2) is 6.29 Å². The van der Waals surface area contributed by atoms with Crippen molar-refractivity contribution in [2.45, 2.75) is 95.0 Å². The highest BCUT2D eigenvalue weighted by Gasteiger charge is 2.60. The fourth-order valence-corrected chi connectivity index (χ4v) is 4.21. The molecule has 1 saturated carbocycles. The molecule has 2 fully saturated rings. The van der Waals surface area contributed by atoms with Crippen LogP contribution in [0, 0.1) is 5.41 Å². The van der Waals surface area contributed by atoms with Gasteiger partial charge in [0.2, 0.25) is 0 Å². The van der Waals surface area contributed by atoms with Crippen molar-refractivity contribution < 1.29 is 40.1 Å².